The summed E-state index contributed by atoms with van der Waals surface area (Å²) < 4.78 is 0.728. The van der Waals surface area contributed by atoms with E-state index in [1.165, 1.54) is 44.2 Å². The SMILES string of the molecule is N#Cc1cccc2c1C=C[N+]2(CCO)CC12CCC(CC1)CC2. The van der Waals surface area contributed by atoms with Crippen molar-refractivity contribution >= 4 is 11.8 Å². The first-order chi connectivity index (χ1) is 11.2. The van der Waals surface area contributed by atoms with Crippen LogP contribution in [0.25, 0.3) is 6.08 Å². The first kappa shape index (κ1) is 14.9. The highest BCUT2D eigenvalue weighted by molar-refractivity contribution is 5.77. The van der Waals surface area contributed by atoms with Gasteiger partial charge < -0.3 is 5.11 Å². The zero-order valence-electron chi connectivity index (χ0n) is 13.7. The minimum atomic E-state index is 0.180. The second kappa shape index (κ2) is 5.47. The zero-order chi connectivity index (χ0) is 15.9. The smallest absolute Gasteiger partial charge is 0.146 e. The maximum absolute atomic E-state index is 9.73. The second-order valence-electron chi connectivity index (χ2n) is 7.79. The molecule has 0 radical (unpaired) electrons. The van der Waals surface area contributed by atoms with E-state index in [9.17, 15) is 10.4 Å². The van der Waals surface area contributed by atoms with Crippen molar-refractivity contribution in [3.05, 3.63) is 35.5 Å². The summed E-state index contributed by atoms with van der Waals surface area (Å²) in [5.74, 6) is 0.967. The lowest BCUT2D eigenvalue weighted by Crippen LogP contribution is -2.54. The van der Waals surface area contributed by atoms with Crippen LogP contribution >= 0.6 is 0 Å². The molecule has 3 saturated carbocycles. The van der Waals surface area contributed by atoms with Crippen LogP contribution < -0.4 is 4.48 Å². The second-order valence-corrected chi connectivity index (χ2v) is 7.79. The van der Waals surface area contributed by atoms with Crippen molar-refractivity contribution in [2.75, 3.05) is 19.7 Å². The van der Waals surface area contributed by atoms with Crippen LogP contribution in [-0.2, 0) is 0 Å². The first-order valence-corrected chi connectivity index (χ1v) is 8.91. The van der Waals surface area contributed by atoms with Gasteiger partial charge >= 0.3 is 0 Å². The first-order valence-electron chi connectivity index (χ1n) is 8.91. The van der Waals surface area contributed by atoms with Gasteiger partial charge in [-0.05, 0) is 50.5 Å². The topological polar surface area (TPSA) is 44.0 Å². The molecule has 1 N–H and O–H groups in total. The van der Waals surface area contributed by atoms with Crippen LogP contribution in [0.2, 0.25) is 0 Å². The molecular weight excluding hydrogens is 284 g/mol. The molecule has 1 heterocycles. The van der Waals surface area contributed by atoms with Crippen molar-refractivity contribution in [3.63, 3.8) is 0 Å². The standard InChI is InChI=1S/C20H25N2O/c21-14-17-2-1-3-19-18(17)7-11-22(19,12-13-23)15-20-8-4-16(5-9-20)6-10-20/h1-3,7,11,16,23H,4-6,8-10,12-13,15H2/q+1. The van der Waals surface area contributed by atoms with Crippen molar-refractivity contribution in [1.82, 2.24) is 4.48 Å². The van der Waals surface area contributed by atoms with Gasteiger partial charge in [0.2, 0.25) is 0 Å². The highest BCUT2D eigenvalue weighted by Gasteiger charge is 2.48. The number of hydrogen-bond acceptors (Lipinski definition) is 2. The van der Waals surface area contributed by atoms with Crippen LogP contribution in [0.3, 0.4) is 0 Å². The normalized spacial score (nSPS) is 34.3. The van der Waals surface area contributed by atoms with E-state index in [0.29, 0.717) is 12.0 Å². The quantitative estimate of drug-likeness (QED) is 0.859. The molecule has 23 heavy (non-hydrogen) atoms. The highest BCUT2D eigenvalue weighted by atomic mass is 16.3. The lowest BCUT2D eigenvalue weighted by molar-refractivity contribution is 0.0378. The summed E-state index contributed by atoms with van der Waals surface area (Å²) in [5.41, 5.74) is 3.45. The molecule has 0 saturated heterocycles. The van der Waals surface area contributed by atoms with Gasteiger partial charge in [-0.25, -0.2) is 0 Å². The third-order valence-corrected chi connectivity index (χ3v) is 6.58. The fourth-order valence-electron chi connectivity index (χ4n) is 5.28. The number of aliphatic hydroxyl groups is 1. The molecular formula is C20H25N2O+. The third-order valence-electron chi connectivity index (χ3n) is 6.58. The maximum atomic E-state index is 9.73. The summed E-state index contributed by atoms with van der Waals surface area (Å²) in [4.78, 5) is 0. The van der Waals surface area contributed by atoms with E-state index in [0.717, 1.165) is 28.1 Å². The summed E-state index contributed by atoms with van der Waals surface area (Å²) in [6.45, 7) is 1.97. The molecule has 5 rings (SSSR count). The summed E-state index contributed by atoms with van der Waals surface area (Å²) in [5, 5.41) is 19.1. The van der Waals surface area contributed by atoms with E-state index in [4.69, 9.17) is 0 Å². The Kier molecular flexibility index (Phi) is 3.55. The van der Waals surface area contributed by atoms with Gasteiger partial charge in [0.1, 0.15) is 18.4 Å². The van der Waals surface area contributed by atoms with Crippen molar-refractivity contribution in [2.45, 2.75) is 38.5 Å². The number of nitriles is 1. The largest absolute Gasteiger partial charge is 0.390 e. The van der Waals surface area contributed by atoms with E-state index >= 15 is 0 Å². The molecule has 1 aromatic rings. The molecule has 1 unspecified atom stereocenters. The van der Waals surface area contributed by atoms with Gasteiger partial charge in [-0.15, -0.1) is 0 Å². The summed E-state index contributed by atoms with van der Waals surface area (Å²) in [6, 6.07) is 8.35. The Morgan fingerprint density at radius 2 is 1.96 bits per heavy atom. The molecule has 3 aliphatic carbocycles. The van der Waals surface area contributed by atoms with E-state index in [2.05, 4.69) is 24.4 Å². The number of aliphatic hydroxyl groups excluding tert-OH is 1. The number of nitrogens with zero attached hydrogens (tertiary/aromatic N) is 2. The minimum Gasteiger partial charge on any atom is -0.390 e. The molecule has 1 aliphatic heterocycles. The van der Waals surface area contributed by atoms with Crippen LogP contribution in [-0.4, -0.2) is 24.8 Å². The number of fused-ring (bicyclic) bond motifs is 4. The molecule has 3 heteroatoms. The Labute approximate surface area is 138 Å². The molecule has 120 valence electrons. The van der Waals surface area contributed by atoms with Crippen LogP contribution in [0, 0.1) is 22.7 Å². The van der Waals surface area contributed by atoms with Crippen LogP contribution in [0.15, 0.2) is 24.4 Å². The molecule has 4 aliphatic rings. The van der Waals surface area contributed by atoms with Crippen LogP contribution in [0.5, 0.6) is 0 Å². The van der Waals surface area contributed by atoms with Gasteiger partial charge in [0, 0.05) is 17.6 Å². The number of rotatable bonds is 4. The van der Waals surface area contributed by atoms with Crippen molar-refractivity contribution in [2.24, 2.45) is 11.3 Å². The van der Waals surface area contributed by atoms with E-state index in [-0.39, 0.29) is 6.61 Å². The van der Waals surface area contributed by atoms with Crippen molar-refractivity contribution in [3.8, 4) is 6.07 Å². The van der Waals surface area contributed by atoms with Crippen LogP contribution in [0.1, 0.15) is 49.7 Å². The molecule has 1 atom stereocenters. The van der Waals surface area contributed by atoms with Gasteiger partial charge in [-0.2, -0.15) is 5.26 Å². The van der Waals surface area contributed by atoms with Crippen molar-refractivity contribution < 1.29 is 5.11 Å². The molecule has 1 aromatic carbocycles. The monoisotopic (exact) mass is 309 g/mol. The maximum Gasteiger partial charge on any atom is 0.146 e. The molecule has 0 amide bonds. The summed E-state index contributed by atoms with van der Waals surface area (Å²) >= 11 is 0. The van der Waals surface area contributed by atoms with E-state index in [1.807, 2.05) is 12.1 Å². The Balaban J connectivity index is 1.73. The van der Waals surface area contributed by atoms with Gasteiger partial charge in [-0.1, -0.05) is 6.07 Å². The number of hydrogen-bond donors (Lipinski definition) is 1. The molecule has 2 bridgehead atoms. The molecule has 0 spiro atoms. The predicted octanol–water partition coefficient (Wildman–Crippen LogP) is 3.81. The lowest BCUT2D eigenvalue weighted by atomic mass is 9.60. The molecule has 0 aromatic heterocycles. The van der Waals surface area contributed by atoms with Gasteiger partial charge in [0.15, 0.2) is 0 Å². The third kappa shape index (κ3) is 2.33. The summed E-state index contributed by atoms with van der Waals surface area (Å²) in [6.07, 6.45) is 12.5. The average molecular weight is 309 g/mol. The minimum absolute atomic E-state index is 0.180. The predicted molar refractivity (Wildman–Crippen MR) is 92.4 cm³/mol. The van der Waals surface area contributed by atoms with E-state index < -0.39 is 0 Å². The Morgan fingerprint density at radius 3 is 2.61 bits per heavy atom. The van der Waals surface area contributed by atoms with E-state index in [1.54, 1.807) is 0 Å². The highest BCUT2D eigenvalue weighted by Crippen LogP contribution is 2.53. The Hall–Kier alpha value is -1.63. The molecule has 3 fully saturated rings. The Bertz CT molecular complexity index is 666. The fraction of sp³-hybridized carbons (Fsp3) is 0.550. The van der Waals surface area contributed by atoms with Gasteiger partial charge in [0.25, 0.3) is 0 Å². The summed E-state index contributed by atoms with van der Waals surface area (Å²) in [7, 11) is 0. The van der Waals surface area contributed by atoms with Gasteiger partial charge in [0.05, 0.1) is 30.3 Å². The number of quaternary nitrogens is 1. The zero-order valence-corrected chi connectivity index (χ0v) is 13.7. The average Bonchev–Trinajstić information content (AvgIpc) is 2.95. The number of benzene rings is 1. The fourth-order valence-corrected chi connectivity index (χ4v) is 5.28. The lowest BCUT2D eigenvalue weighted by Gasteiger charge is -2.50. The Morgan fingerprint density at radius 1 is 1.22 bits per heavy atom. The molecule has 3 nitrogen and oxygen atoms in total. The van der Waals surface area contributed by atoms with Crippen molar-refractivity contribution in [1.29, 1.82) is 5.26 Å². The van der Waals surface area contributed by atoms with Gasteiger partial charge in [-0.3, -0.25) is 4.48 Å². The van der Waals surface area contributed by atoms with Crippen LogP contribution in [0.4, 0.5) is 5.69 Å².